The molecule has 0 radical (unpaired) electrons. The van der Waals surface area contributed by atoms with Crippen molar-refractivity contribution < 1.29 is 0 Å². The standard InChI is InChI=1S/C30H19BrN2/c31-23-11-13-28-27(18-23)26-17-22-14-15-32(24-8-2-1-3-9-24)29(22)19-30(26)33(28)25-12-10-20-6-4-5-7-21(20)16-25/h1-19H. The Morgan fingerprint density at radius 3 is 2.15 bits per heavy atom. The lowest BCUT2D eigenvalue weighted by Gasteiger charge is -2.10. The zero-order valence-electron chi connectivity index (χ0n) is 17.7. The van der Waals surface area contributed by atoms with Gasteiger partial charge < -0.3 is 9.13 Å². The van der Waals surface area contributed by atoms with Gasteiger partial charge in [-0.25, -0.2) is 0 Å². The Bertz CT molecular complexity index is 1820. The molecule has 0 N–H and O–H groups in total. The van der Waals surface area contributed by atoms with E-state index in [0.717, 1.165) is 4.47 Å². The molecule has 0 aliphatic carbocycles. The van der Waals surface area contributed by atoms with Gasteiger partial charge in [-0.05, 0) is 71.4 Å². The number of hydrogen-bond donors (Lipinski definition) is 0. The van der Waals surface area contributed by atoms with Gasteiger partial charge in [0, 0.05) is 38.2 Å². The summed E-state index contributed by atoms with van der Waals surface area (Å²) in [6, 6.07) is 39.3. The van der Waals surface area contributed by atoms with Crippen LogP contribution in [0, 0.1) is 0 Å². The van der Waals surface area contributed by atoms with E-state index in [1.54, 1.807) is 0 Å². The van der Waals surface area contributed by atoms with E-state index >= 15 is 0 Å². The highest BCUT2D eigenvalue weighted by molar-refractivity contribution is 9.10. The predicted molar refractivity (Wildman–Crippen MR) is 143 cm³/mol. The monoisotopic (exact) mass is 486 g/mol. The largest absolute Gasteiger partial charge is 0.316 e. The van der Waals surface area contributed by atoms with Crippen molar-refractivity contribution in [2.75, 3.05) is 0 Å². The molecular formula is C30H19BrN2. The molecule has 0 bridgehead atoms. The lowest BCUT2D eigenvalue weighted by molar-refractivity contribution is 1.13. The number of rotatable bonds is 2. The van der Waals surface area contributed by atoms with Crippen molar-refractivity contribution in [3.05, 3.63) is 120 Å². The van der Waals surface area contributed by atoms with E-state index in [9.17, 15) is 0 Å². The SMILES string of the molecule is Brc1ccc2c(c1)c1cc3ccn(-c4ccccc4)c3cc1n2-c1ccc2ccccc2c1. The summed E-state index contributed by atoms with van der Waals surface area (Å²) in [7, 11) is 0. The van der Waals surface area contributed by atoms with Crippen molar-refractivity contribution in [1.29, 1.82) is 0 Å². The van der Waals surface area contributed by atoms with E-state index in [-0.39, 0.29) is 0 Å². The van der Waals surface area contributed by atoms with Crippen LogP contribution in [-0.2, 0) is 0 Å². The highest BCUT2D eigenvalue weighted by atomic mass is 79.9. The Morgan fingerprint density at radius 1 is 0.485 bits per heavy atom. The normalized spacial score (nSPS) is 11.8. The van der Waals surface area contributed by atoms with Gasteiger partial charge in [-0.2, -0.15) is 0 Å². The minimum Gasteiger partial charge on any atom is -0.316 e. The van der Waals surface area contributed by atoms with Gasteiger partial charge in [0.15, 0.2) is 0 Å². The first-order valence-corrected chi connectivity index (χ1v) is 11.8. The topological polar surface area (TPSA) is 9.86 Å². The maximum atomic E-state index is 3.69. The van der Waals surface area contributed by atoms with Crippen LogP contribution < -0.4 is 0 Å². The summed E-state index contributed by atoms with van der Waals surface area (Å²) in [6.45, 7) is 0. The van der Waals surface area contributed by atoms with E-state index in [2.05, 4.69) is 140 Å². The quantitative estimate of drug-likeness (QED) is 0.231. The molecule has 7 aromatic rings. The average molecular weight is 487 g/mol. The molecule has 0 spiro atoms. The summed E-state index contributed by atoms with van der Waals surface area (Å²) < 4.78 is 5.76. The average Bonchev–Trinajstić information content (AvgIpc) is 3.41. The van der Waals surface area contributed by atoms with Crippen LogP contribution in [0.3, 0.4) is 0 Å². The summed E-state index contributed by atoms with van der Waals surface area (Å²) in [6.07, 6.45) is 2.16. The van der Waals surface area contributed by atoms with Gasteiger partial charge in [0.25, 0.3) is 0 Å². The maximum Gasteiger partial charge on any atom is 0.0562 e. The van der Waals surface area contributed by atoms with Crippen LogP contribution in [0.5, 0.6) is 0 Å². The van der Waals surface area contributed by atoms with Gasteiger partial charge in [0.05, 0.1) is 16.6 Å². The first-order chi connectivity index (χ1) is 16.3. The van der Waals surface area contributed by atoms with Crippen LogP contribution in [0.1, 0.15) is 0 Å². The number of hydrogen-bond acceptors (Lipinski definition) is 0. The minimum atomic E-state index is 1.09. The molecule has 2 nitrogen and oxygen atoms in total. The fraction of sp³-hybridized carbons (Fsp3) is 0. The molecular weight excluding hydrogens is 468 g/mol. The second-order valence-electron chi connectivity index (χ2n) is 8.48. The highest BCUT2D eigenvalue weighted by Crippen LogP contribution is 2.37. The van der Waals surface area contributed by atoms with Crippen molar-refractivity contribution in [3.63, 3.8) is 0 Å². The van der Waals surface area contributed by atoms with E-state index < -0.39 is 0 Å². The van der Waals surface area contributed by atoms with Crippen LogP contribution in [-0.4, -0.2) is 9.13 Å². The second kappa shape index (κ2) is 7.09. The fourth-order valence-corrected chi connectivity index (χ4v) is 5.39. The van der Waals surface area contributed by atoms with Gasteiger partial charge in [-0.15, -0.1) is 0 Å². The molecule has 5 aromatic carbocycles. The van der Waals surface area contributed by atoms with Gasteiger partial charge in [-0.1, -0.05) is 64.5 Å². The second-order valence-corrected chi connectivity index (χ2v) is 9.39. The summed E-state index contributed by atoms with van der Waals surface area (Å²) >= 11 is 3.69. The molecule has 0 saturated carbocycles. The Labute approximate surface area is 199 Å². The number of fused-ring (bicyclic) bond motifs is 5. The third-order valence-corrected chi connectivity index (χ3v) is 7.06. The van der Waals surface area contributed by atoms with Crippen LogP contribution in [0.4, 0.5) is 0 Å². The molecule has 0 saturated heterocycles. The molecule has 7 rings (SSSR count). The third-order valence-electron chi connectivity index (χ3n) is 6.56. The summed E-state index contributed by atoms with van der Waals surface area (Å²) in [5, 5.41) is 6.25. The van der Waals surface area contributed by atoms with Gasteiger partial charge in [-0.3, -0.25) is 0 Å². The molecule has 2 heterocycles. The molecule has 0 aliphatic rings. The van der Waals surface area contributed by atoms with Crippen molar-refractivity contribution in [1.82, 2.24) is 9.13 Å². The van der Waals surface area contributed by atoms with Crippen molar-refractivity contribution >= 4 is 59.4 Å². The summed E-state index contributed by atoms with van der Waals surface area (Å²) in [5.74, 6) is 0. The fourth-order valence-electron chi connectivity index (χ4n) is 5.03. The van der Waals surface area contributed by atoms with Crippen molar-refractivity contribution in [2.24, 2.45) is 0 Å². The highest BCUT2D eigenvalue weighted by Gasteiger charge is 2.15. The smallest absolute Gasteiger partial charge is 0.0562 e. The molecule has 3 heteroatoms. The van der Waals surface area contributed by atoms with E-state index in [0.29, 0.717) is 0 Å². The van der Waals surface area contributed by atoms with Crippen molar-refractivity contribution in [3.8, 4) is 11.4 Å². The molecule has 0 amide bonds. The number of benzene rings is 5. The molecule has 0 atom stereocenters. The Kier molecular flexibility index (Phi) is 4.02. The van der Waals surface area contributed by atoms with Crippen LogP contribution in [0.2, 0.25) is 0 Å². The van der Waals surface area contributed by atoms with Crippen molar-refractivity contribution in [2.45, 2.75) is 0 Å². The Morgan fingerprint density at radius 2 is 1.27 bits per heavy atom. The molecule has 0 aliphatic heterocycles. The first kappa shape index (κ1) is 18.7. The van der Waals surface area contributed by atoms with E-state index in [1.165, 1.54) is 54.9 Å². The number of halogens is 1. The van der Waals surface area contributed by atoms with E-state index in [4.69, 9.17) is 0 Å². The van der Waals surface area contributed by atoms with Gasteiger partial charge >= 0.3 is 0 Å². The molecule has 0 fully saturated rings. The van der Waals surface area contributed by atoms with E-state index in [1.807, 2.05) is 0 Å². The third kappa shape index (κ3) is 2.86. The Hall–Kier alpha value is -3.82. The number of aromatic nitrogens is 2. The predicted octanol–water partition coefficient (Wildman–Crippen LogP) is 8.64. The zero-order chi connectivity index (χ0) is 21.9. The molecule has 33 heavy (non-hydrogen) atoms. The lowest BCUT2D eigenvalue weighted by atomic mass is 10.1. The van der Waals surface area contributed by atoms with Gasteiger partial charge in [0.2, 0.25) is 0 Å². The number of nitrogens with zero attached hydrogens (tertiary/aromatic N) is 2. The zero-order valence-corrected chi connectivity index (χ0v) is 19.3. The maximum absolute atomic E-state index is 3.69. The Balaban J connectivity index is 1.60. The molecule has 156 valence electrons. The number of para-hydroxylation sites is 1. The summed E-state index contributed by atoms with van der Waals surface area (Å²) in [4.78, 5) is 0. The van der Waals surface area contributed by atoms with Crippen LogP contribution in [0.25, 0.3) is 54.9 Å². The lowest BCUT2D eigenvalue weighted by Crippen LogP contribution is -1.95. The van der Waals surface area contributed by atoms with Crippen LogP contribution >= 0.6 is 15.9 Å². The van der Waals surface area contributed by atoms with Gasteiger partial charge in [0.1, 0.15) is 0 Å². The summed E-state index contributed by atoms with van der Waals surface area (Å²) in [5.41, 5.74) is 5.97. The molecule has 2 aromatic heterocycles. The first-order valence-electron chi connectivity index (χ1n) is 11.1. The van der Waals surface area contributed by atoms with Crippen LogP contribution in [0.15, 0.2) is 120 Å². The minimum absolute atomic E-state index is 1.09. The molecule has 0 unspecified atom stereocenters.